The zero-order valence-corrected chi connectivity index (χ0v) is 10.4. The van der Waals surface area contributed by atoms with E-state index in [0.29, 0.717) is 23.6 Å². The molecule has 0 saturated heterocycles. The molecule has 0 aliphatic rings. The molecule has 0 radical (unpaired) electrons. The van der Waals surface area contributed by atoms with Crippen LogP contribution in [0, 0.1) is 0 Å². The lowest BCUT2D eigenvalue weighted by atomic mass is 10.2. The molecule has 2 aromatic rings. The Bertz CT molecular complexity index is 531. The van der Waals surface area contributed by atoms with Gasteiger partial charge in [-0.3, -0.25) is 14.8 Å². The number of carbonyl (C=O) groups excluding carboxylic acids is 1. The molecule has 2 aromatic heterocycles. The van der Waals surface area contributed by atoms with Crippen molar-refractivity contribution in [3.8, 4) is 0 Å². The van der Waals surface area contributed by atoms with Crippen molar-refractivity contribution in [2.24, 2.45) is 0 Å². The highest BCUT2D eigenvalue weighted by Gasteiger charge is 2.09. The number of amides is 1. The lowest BCUT2D eigenvalue weighted by Gasteiger charge is -2.05. The van der Waals surface area contributed by atoms with Gasteiger partial charge in [0.05, 0.1) is 10.6 Å². The van der Waals surface area contributed by atoms with Crippen molar-refractivity contribution in [1.82, 2.24) is 15.3 Å². The number of nitrogens with zero attached hydrogens (tertiary/aromatic N) is 2. The zero-order valence-electron chi connectivity index (χ0n) is 9.64. The zero-order chi connectivity index (χ0) is 12.8. The fourth-order valence-corrected chi connectivity index (χ4v) is 1.68. The minimum Gasteiger partial charge on any atom is -0.352 e. The van der Waals surface area contributed by atoms with Crippen molar-refractivity contribution in [2.45, 2.75) is 6.42 Å². The molecule has 0 bridgehead atoms. The van der Waals surface area contributed by atoms with E-state index in [1.54, 1.807) is 18.5 Å². The Morgan fingerprint density at radius 2 is 2.17 bits per heavy atom. The molecule has 0 fully saturated rings. The molecule has 0 atom stereocenters. The van der Waals surface area contributed by atoms with Gasteiger partial charge < -0.3 is 5.32 Å². The van der Waals surface area contributed by atoms with E-state index in [4.69, 9.17) is 11.6 Å². The molecule has 0 aromatic carbocycles. The maximum atomic E-state index is 11.8. The SMILES string of the molecule is O=C(NCCc1ccccn1)c1cnccc1Cl. The van der Waals surface area contributed by atoms with Gasteiger partial charge in [-0.1, -0.05) is 17.7 Å². The molecule has 2 heterocycles. The summed E-state index contributed by atoms with van der Waals surface area (Å²) in [6.45, 7) is 0.515. The Hall–Kier alpha value is -1.94. The Morgan fingerprint density at radius 1 is 1.28 bits per heavy atom. The number of carbonyl (C=O) groups is 1. The monoisotopic (exact) mass is 261 g/mol. The van der Waals surface area contributed by atoms with Gasteiger partial charge >= 0.3 is 0 Å². The maximum absolute atomic E-state index is 11.8. The topological polar surface area (TPSA) is 54.9 Å². The van der Waals surface area contributed by atoms with E-state index in [2.05, 4.69) is 15.3 Å². The largest absolute Gasteiger partial charge is 0.352 e. The fraction of sp³-hybridized carbons (Fsp3) is 0.154. The van der Waals surface area contributed by atoms with Crippen molar-refractivity contribution < 1.29 is 4.79 Å². The molecule has 0 spiro atoms. The van der Waals surface area contributed by atoms with Gasteiger partial charge in [-0.15, -0.1) is 0 Å². The quantitative estimate of drug-likeness (QED) is 0.917. The van der Waals surface area contributed by atoms with Crippen LogP contribution in [0.4, 0.5) is 0 Å². The van der Waals surface area contributed by atoms with Crippen LogP contribution in [0.3, 0.4) is 0 Å². The summed E-state index contributed by atoms with van der Waals surface area (Å²) in [5.74, 6) is -0.218. The molecule has 4 nitrogen and oxygen atoms in total. The number of rotatable bonds is 4. The molecule has 2 rings (SSSR count). The second kappa shape index (κ2) is 6.12. The average Bonchev–Trinajstić information content (AvgIpc) is 2.40. The van der Waals surface area contributed by atoms with E-state index in [1.165, 1.54) is 6.20 Å². The summed E-state index contributed by atoms with van der Waals surface area (Å²) in [7, 11) is 0. The first-order valence-electron chi connectivity index (χ1n) is 5.55. The van der Waals surface area contributed by atoms with Crippen LogP contribution in [-0.4, -0.2) is 22.4 Å². The van der Waals surface area contributed by atoms with Crippen molar-refractivity contribution in [2.75, 3.05) is 6.54 Å². The highest BCUT2D eigenvalue weighted by Crippen LogP contribution is 2.12. The molecule has 1 N–H and O–H groups in total. The summed E-state index contributed by atoms with van der Waals surface area (Å²) in [6.07, 6.45) is 5.42. The Kier molecular flexibility index (Phi) is 4.25. The predicted molar refractivity (Wildman–Crippen MR) is 69.5 cm³/mol. The number of aromatic nitrogens is 2. The predicted octanol–water partition coefficient (Wildman–Crippen LogP) is 2.10. The minimum absolute atomic E-state index is 0.218. The lowest BCUT2D eigenvalue weighted by molar-refractivity contribution is 0.0954. The number of hydrogen-bond donors (Lipinski definition) is 1. The minimum atomic E-state index is -0.218. The van der Waals surface area contributed by atoms with Gasteiger partial charge in [0.15, 0.2) is 0 Å². The van der Waals surface area contributed by atoms with Gasteiger partial charge in [-0.2, -0.15) is 0 Å². The Morgan fingerprint density at radius 3 is 2.89 bits per heavy atom. The van der Waals surface area contributed by atoms with Crippen molar-refractivity contribution >= 4 is 17.5 Å². The number of halogens is 1. The van der Waals surface area contributed by atoms with Gasteiger partial charge in [0.2, 0.25) is 0 Å². The summed E-state index contributed by atoms with van der Waals surface area (Å²) in [4.78, 5) is 19.9. The molecule has 92 valence electrons. The van der Waals surface area contributed by atoms with E-state index in [9.17, 15) is 4.79 Å². The van der Waals surface area contributed by atoms with Crippen LogP contribution in [-0.2, 0) is 6.42 Å². The summed E-state index contributed by atoms with van der Waals surface area (Å²) in [5.41, 5.74) is 1.33. The number of hydrogen-bond acceptors (Lipinski definition) is 3. The average molecular weight is 262 g/mol. The van der Waals surface area contributed by atoms with Crippen LogP contribution in [0.25, 0.3) is 0 Å². The summed E-state index contributed by atoms with van der Waals surface area (Å²) >= 11 is 5.90. The second-order valence-electron chi connectivity index (χ2n) is 3.68. The number of nitrogens with one attached hydrogen (secondary N) is 1. The first kappa shape index (κ1) is 12.5. The third kappa shape index (κ3) is 3.28. The van der Waals surface area contributed by atoms with Crippen LogP contribution < -0.4 is 5.32 Å². The van der Waals surface area contributed by atoms with Gasteiger partial charge in [0.1, 0.15) is 0 Å². The lowest BCUT2D eigenvalue weighted by Crippen LogP contribution is -2.26. The third-order valence-electron chi connectivity index (χ3n) is 2.41. The van der Waals surface area contributed by atoms with Gasteiger partial charge in [-0.05, 0) is 18.2 Å². The Labute approximate surface area is 110 Å². The molecule has 1 amide bonds. The van der Waals surface area contributed by atoms with Crippen LogP contribution in [0.2, 0.25) is 5.02 Å². The summed E-state index contributed by atoms with van der Waals surface area (Å²) in [6, 6.07) is 7.29. The van der Waals surface area contributed by atoms with Crippen LogP contribution in [0.1, 0.15) is 16.1 Å². The summed E-state index contributed by atoms with van der Waals surface area (Å²) < 4.78 is 0. The summed E-state index contributed by atoms with van der Waals surface area (Å²) in [5, 5.41) is 3.19. The van der Waals surface area contributed by atoms with Crippen LogP contribution in [0.15, 0.2) is 42.9 Å². The molecule has 18 heavy (non-hydrogen) atoms. The normalized spacial score (nSPS) is 10.1. The standard InChI is InChI=1S/C13H12ClN3O/c14-12-5-7-15-9-11(12)13(18)17-8-4-10-3-1-2-6-16-10/h1-3,5-7,9H,4,8H2,(H,17,18). The highest BCUT2D eigenvalue weighted by atomic mass is 35.5. The van der Waals surface area contributed by atoms with Gasteiger partial charge in [0, 0.05) is 37.3 Å². The van der Waals surface area contributed by atoms with E-state index < -0.39 is 0 Å². The van der Waals surface area contributed by atoms with E-state index >= 15 is 0 Å². The van der Waals surface area contributed by atoms with E-state index in [0.717, 1.165) is 5.69 Å². The molecular formula is C13H12ClN3O. The molecule has 0 unspecified atom stereocenters. The molecule has 5 heteroatoms. The number of pyridine rings is 2. The maximum Gasteiger partial charge on any atom is 0.254 e. The van der Waals surface area contributed by atoms with Crippen molar-refractivity contribution in [1.29, 1.82) is 0 Å². The first-order chi connectivity index (χ1) is 8.77. The fourth-order valence-electron chi connectivity index (χ4n) is 1.49. The van der Waals surface area contributed by atoms with Crippen LogP contribution >= 0.6 is 11.6 Å². The van der Waals surface area contributed by atoms with E-state index in [-0.39, 0.29) is 5.91 Å². The molecule has 0 saturated carbocycles. The van der Waals surface area contributed by atoms with Crippen LogP contribution in [0.5, 0.6) is 0 Å². The Balaban J connectivity index is 1.88. The first-order valence-corrected chi connectivity index (χ1v) is 5.93. The molecule has 0 aliphatic carbocycles. The third-order valence-corrected chi connectivity index (χ3v) is 2.73. The second-order valence-corrected chi connectivity index (χ2v) is 4.09. The smallest absolute Gasteiger partial charge is 0.254 e. The molecular weight excluding hydrogens is 250 g/mol. The van der Waals surface area contributed by atoms with Gasteiger partial charge in [0.25, 0.3) is 5.91 Å². The van der Waals surface area contributed by atoms with Crippen molar-refractivity contribution in [3.05, 3.63) is 59.1 Å². The van der Waals surface area contributed by atoms with Gasteiger partial charge in [-0.25, -0.2) is 0 Å². The molecule has 0 aliphatic heterocycles. The highest BCUT2D eigenvalue weighted by molar-refractivity contribution is 6.33. The van der Waals surface area contributed by atoms with E-state index in [1.807, 2.05) is 18.2 Å². The van der Waals surface area contributed by atoms with Crippen molar-refractivity contribution in [3.63, 3.8) is 0 Å².